The molecule has 1 N–H and O–H groups in total. The van der Waals surface area contributed by atoms with Gasteiger partial charge in [0.15, 0.2) is 5.96 Å². The van der Waals surface area contributed by atoms with Crippen molar-refractivity contribution < 1.29 is 4.74 Å². The Morgan fingerprint density at radius 3 is 2.56 bits per heavy atom. The maximum atomic E-state index is 6.08. The van der Waals surface area contributed by atoms with Gasteiger partial charge in [-0.15, -0.1) is 0 Å². The standard InChI is InChI=1S/C20H28ClN5O/c1-22-20(25(3)15-19-12-17(21)14-24(19)2)23-13-16-4-6-18(7-5-16)26-8-10-27-11-9-26/h4-7,12,14H,8-11,13,15H2,1-3H3,(H,22,23). The molecule has 0 atom stereocenters. The second-order valence-corrected chi connectivity index (χ2v) is 7.22. The van der Waals surface area contributed by atoms with E-state index in [0.29, 0.717) is 0 Å². The predicted octanol–water partition coefficient (Wildman–Crippen LogP) is 2.72. The number of anilines is 1. The molecular weight excluding hydrogens is 362 g/mol. The zero-order chi connectivity index (χ0) is 19.2. The fourth-order valence-corrected chi connectivity index (χ4v) is 3.53. The number of hydrogen-bond acceptors (Lipinski definition) is 3. The molecule has 6 nitrogen and oxygen atoms in total. The summed E-state index contributed by atoms with van der Waals surface area (Å²) in [4.78, 5) is 8.84. The zero-order valence-corrected chi connectivity index (χ0v) is 17.0. The molecule has 0 bridgehead atoms. The Hall–Kier alpha value is -2.18. The van der Waals surface area contributed by atoms with Crippen LogP contribution in [0, 0.1) is 0 Å². The number of morpholine rings is 1. The molecule has 146 valence electrons. The number of guanidine groups is 1. The first-order chi connectivity index (χ1) is 13.1. The van der Waals surface area contributed by atoms with Gasteiger partial charge in [0.1, 0.15) is 0 Å². The minimum Gasteiger partial charge on any atom is -0.378 e. The highest BCUT2D eigenvalue weighted by Gasteiger charge is 2.12. The van der Waals surface area contributed by atoms with Crippen LogP contribution in [-0.2, 0) is 24.9 Å². The minimum atomic E-state index is 0.730. The van der Waals surface area contributed by atoms with Crippen LogP contribution in [0.5, 0.6) is 0 Å². The summed E-state index contributed by atoms with van der Waals surface area (Å²) < 4.78 is 7.46. The summed E-state index contributed by atoms with van der Waals surface area (Å²) >= 11 is 6.08. The molecular formula is C20H28ClN5O. The van der Waals surface area contributed by atoms with Crippen LogP contribution in [0.1, 0.15) is 11.3 Å². The van der Waals surface area contributed by atoms with Crippen LogP contribution in [0.15, 0.2) is 41.5 Å². The molecule has 1 aromatic heterocycles. The van der Waals surface area contributed by atoms with Crippen molar-refractivity contribution in [1.29, 1.82) is 0 Å². The van der Waals surface area contributed by atoms with Crippen molar-refractivity contribution in [3.8, 4) is 0 Å². The highest BCUT2D eigenvalue weighted by molar-refractivity contribution is 6.30. The van der Waals surface area contributed by atoms with Crippen LogP contribution in [-0.4, -0.2) is 55.8 Å². The van der Waals surface area contributed by atoms with E-state index >= 15 is 0 Å². The number of nitrogens with zero attached hydrogens (tertiary/aromatic N) is 4. The number of aromatic nitrogens is 1. The van der Waals surface area contributed by atoms with Crippen molar-refractivity contribution in [3.63, 3.8) is 0 Å². The van der Waals surface area contributed by atoms with E-state index in [0.717, 1.165) is 56.1 Å². The lowest BCUT2D eigenvalue weighted by Gasteiger charge is -2.29. The van der Waals surface area contributed by atoms with Crippen LogP contribution in [0.25, 0.3) is 0 Å². The lowest BCUT2D eigenvalue weighted by molar-refractivity contribution is 0.122. The van der Waals surface area contributed by atoms with E-state index in [1.165, 1.54) is 11.3 Å². The van der Waals surface area contributed by atoms with Crippen LogP contribution in [0.3, 0.4) is 0 Å². The summed E-state index contributed by atoms with van der Waals surface area (Å²) in [6, 6.07) is 10.7. The van der Waals surface area contributed by atoms with E-state index in [4.69, 9.17) is 16.3 Å². The molecule has 2 heterocycles. The number of nitrogens with one attached hydrogen (secondary N) is 1. The van der Waals surface area contributed by atoms with Gasteiger partial charge in [0, 0.05) is 58.4 Å². The van der Waals surface area contributed by atoms with Crippen molar-refractivity contribution in [2.45, 2.75) is 13.1 Å². The number of aryl methyl sites for hydroxylation is 1. The van der Waals surface area contributed by atoms with Crippen LogP contribution >= 0.6 is 11.6 Å². The number of hydrogen-bond donors (Lipinski definition) is 1. The van der Waals surface area contributed by atoms with Crippen molar-refractivity contribution in [2.75, 3.05) is 45.3 Å². The summed E-state index contributed by atoms with van der Waals surface area (Å²) in [5.41, 5.74) is 3.62. The minimum absolute atomic E-state index is 0.730. The largest absolute Gasteiger partial charge is 0.378 e. The summed E-state index contributed by atoms with van der Waals surface area (Å²) in [5, 5.41) is 4.18. The van der Waals surface area contributed by atoms with Crippen LogP contribution in [0.2, 0.25) is 5.02 Å². The van der Waals surface area contributed by atoms with Crippen LogP contribution < -0.4 is 10.2 Å². The van der Waals surface area contributed by atoms with Crippen molar-refractivity contribution in [1.82, 2.24) is 14.8 Å². The Morgan fingerprint density at radius 2 is 1.96 bits per heavy atom. The fourth-order valence-electron chi connectivity index (χ4n) is 3.25. The first-order valence-electron chi connectivity index (χ1n) is 9.21. The van der Waals surface area contributed by atoms with E-state index < -0.39 is 0 Å². The molecule has 0 aliphatic carbocycles. The summed E-state index contributed by atoms with van der Waals surface area (Å²) in [5.74, 6) is 0.851. The van der Waals surface area contributed by atoms with Gasteiger partial charge in [0.05, 0.1) is 24.8 Å². The quantitative estimate of drug-likeness (QED) is 0.631. The molecule has 1 aliphatic rings. The monoisotopic (exact) mass is 389 g/mol. The molecule has 1 aliphatic heterocycles. The molecule has 0 spiro atoms. The topological polar surface area (TPSA) is 45.0 Å². The van der Waals surface area contributed by atoms with E-state index in [1.807, 2.05) is 30.9 Å². The van der Waals surface area contributed by atoms with E-state index in [9.17, 15) is 0 Å². The number of halogens is 1. The smallest absolute Gasteiger partial charge is 0.194 e. The van der Waals surface area contributed by atoms with Crippen LogP contribution in [0.4, 0.5) is 5.69 Å². The molecule has 27 heavy (non-hydrogen) atoms. The third kappa shape index (κ3) is 5.17. The lowest BCUT2D eigenvalue weighted by Crippen LogP contribution is -2.38. The highest BCUT2D eigenvalue weighted by Crippen LogP contribution is 2.17. The Balaban J connectivity index is 1.54. The predicted molar refractivity (Wildman–Crippen MR) is 112 cm³/mol. The maximum absolute atomic E-state index is 6.08. The van der Waals surface area contributed by atoms with Gasteiger partial charge in [-0.25, -0.2) is 0 Å². The molecule has 2 aromatic rings. The van der Waals surface area contributed by atoms with Crippen molar-refractivity contribution in [2.24, 2.45) is 12.0 Å². The number of rotatable bonds is 5. The average molecular weight is 390 g/mol. The molecule has 1 saturated heterocycles. The normalized spacial score (nSPS) is 15.1. The molecule has 0 radical (unpaired) electrons. The van der Waals surface area contributed by atoms with E-state index in [2.05, 4.69) is 44.4 Å². The average Bonchev–Trinajstić information content (AvgIpc) is 3.00. The van der Waals surface area contributed by atoms with Gasteiger partial charge < -0.3 is 24.4 Å². The first-order valence-corrected chi connectivity index (χ1v) is 9.59. The second-order valence-electron chi connectivity index (χ2n) is 6.78. The van der Waals surface area contributed by atoms with Gasteiger partial charge in [-0.05, 0) is 23.8 Å². The Kier molecular flexibility index (Phi) is 6.63. The Labute approximate surface area is 166 Å². The number of benzene rings is 1. The Morgan fingerprint density at radius 1 is 1.26 bits per heavy atom. The third-order valence-corrected chi connectivity index (χ3v) is 5.02. The molecule has 3 rings (SSSR count). The molecule has 1 aromatic carbocycles. The number of aliphatic imine (C=N–C) groups is 1. The third-order valence-electron chi connectivity index (χ3n) is 4.81. The molecule has 7 heteroatoms. The summed E-state index contributed by atoms with van der Waals surface area (Å²) in [7, 11) is 5.83. The highest BCUT2D eigenvalue weighted by atomic mass is 35.5. The van der Waals surface area contributed by atoms with E-state index in [-0.39, 0.29) is 0 Å². The summed E-state index contributed by atoms with van der Waals surface area (Å²) in [6.45, 7) is 4.99. The van der Waals surface area contributed by atoms with Gasteiger partial charge in [-0.3, -0.25) is 4.99 Å². The summed E-state index contributed by atoms with van der Waals surface area (Å²) in [6.07, 6.45) is 1.91. The number of ether oxygens (including phenoxy) is 1. The van der Waals surface area contributed by atoms with Gasteiger partial charge >= 0.3 is 0 Å². The molecule has 0 amide bonds. The SMILES string of the molecule is CN=C(NCc1ccc(N2CCOCC2)cc1)N(C)Cc1cc(Cl)cn1C. The lowest BCUT2D eigenvalue weighted by atomic mass is 10.2. The van der Waals surface area contributed by atoms with E-state index in [1.54, 1.807) is 7.05 Å². The van der Waals surface area contributed by atoms with Gasteiger partial charge in [-0.2, -0.15) is 0 Å². The van der Waals surface area contributed by atoms with Gasteiger partial charge in [0.25, 0.3) is 0 Å². The zero-order valence-electron chi connectivity index (χ0n) is 16.3. The first kappa shape index (κ1) is 19.6. The van der Waals surface area contributed by atoms with Gasteiger partial charge in [-0.1, -0.05) is 23.7 Å². The van der Waals surface area contributed by atoms with Crippen molar-refractivity contribution in [3.05, 3.63) is 52.8 Å². The fraction of sp³-hybridized carbons (Fsp3) is 0.450. The molecule has 0 unspecified atom stereocenters. The Bertz CT molecular complexity index is 765. The maximum Gasteiger partial charge on any atom is 0.194 e. The molecule has 0 saturated carbocycles. The van der Waals surface area contributed by atoms with Crippen molar-refractivity contribution >= 4 is 23.2 Å². The second kappa shape index (κ2) is 9.15. The van der Waals surface area contributed by atoms with Gasteiger partial charge in [0.2, 0.25) is 0 Å². The molecule has 1 fully saturated rings.